The molecular formula is C14H14BrNO2. The van der Waals surface area contributed by atoms with Crippen LogP contribution >= 0.6 is 15.9 Å². The maximum Gasteiger partial charge on any atom is 0.230 e. The van der Waals surface area contributed by atoms with Crippen LogP contribution in [0.1, 0.15) is 37.2 Å². The predicted molar refractivity (Wildman–Crippen MR) is 71.0 cm³/mol. The van der Waals surface area contributed by atoms with Gasteiger partial charge >= 0.3 is 0 Å². The van der Waals surface area contributed by atoms with Crippen molar-refractivity contribution >= 4 is 27.7 Å². The molecule has 2 aliphatic rings. The van der Waals surface area contributed by atoms with Crippen LogP contribution in [0, 0.1) is 0 Å². The average molecular weight is 308 g/mol. The highest BCUT2D eigenvalue weighted by atomic mass is 79.9. The summed E-state index contributed by atoms with van der Waals surface area (Å²) < 4.78 is 0.990. The molecule has 3 rings (SSSR count). The third-order valence-electron chi connectivity index (χ3n) is 3.61. The number of halogens is 1. The Kier molecular flexibility index (Phi) is 2.98. The molecule has 1 aromatic carbocycles. The van der Waals surface area contributed by atoms with Gasteiger partial charge in [0.15, 0.2) is 0 Å². The molecule has 1 saturated heterocycles. The zero-order valence-corrected chi connectivity index (χ0v) is 11.5. The molecule has 1 aromatic rings. The largest absolute Gasteiger partial charge is 0.279 e. The van der Waals surface area contributed by atoms with Crippen molar-refractivity contribution in [2.45, 2.75) is 37.6 Å². The van der Waals surface area contributed by atoms with Gasteiger partial charge in [0, 0.05) is 29.3 Å². The molecule has 1 aliphatic heterocycles. The summed E-state index contributed by atoms with van der Waals surface area (Å²) in [7, 11) is 0. The summed E-state index contributed by atoms with van der Waals surface area (Å²) in [5, 5.41) is 0. The summed E-state index contributed by atoms with van der Waals surface area (Å²) in [5.41, 5.74) is 1.07. The van der Waals surface area contributed by atoms with E-state index in [1.54, 1.807) is 0 Å². The lowest BCUT2D eigenvalue weighted by molar-refractivity contribution is -0.149. The lowest BCUT2D eigenvalue weighted by atomic mass is 9.88. The predicted octanol–water partition coefficient (Wildman–Crippen LogP) is 2.84. The van der Waals surface area contributed by atoms with Crippen molar-refractivity contribution in [1.29, 1.82) is 0 Å². The van der Waals surface area contributed by atoms with Crippen LogP contribution in [0.3, 0.4) is 0 Å². The molecule has 0 atom stereocenters. The number of benzene rings is 1. The van der Waals surface area contributed by atoms with Gasteiger partial charge in [0.25, 0.3) is 0 Å². The number of piperidine rings is 1. The van der Waals surface area contributed by atoms with Gasteiger partial charge in [-0.1, -0.05) is 28.1 Å². The minimum atomic E-state index is -0.00118. The minimum Gasteiger partial charge on any atom is -0.279 e. The first-order valence-corrected chi connectivity index (χ1v) is 7.05. The van der Waals surface area contributed by atoms with Gasteiger partial charge in [-0.3, -0.25) is 14.5 Å². The number of hydrogen-bond acceptors (Lipinski definition) is 2. The van der Waals surface area contributed by atoms with Crippen molar-refractivity contribution in [2.75, 3.05) is 0 Å². The van der Waals surface area contributed by atoms with Gasteiger partial charge in [-0.15, -0.1) is 0 Å². The van der Waals surface area contributed by atoms with Crippen molar-refractivity contribution in [2.24, 2.45) is 0 Å². The normalized spacial score (nSPS) is 21.5. The second-order valence-electron chi connectivity index (χ2n) is 5.05. The molecule has 1 aliphatic carbocycles. The van der Waals surface area contributed by atoms with Gasteiger partial charge < -0.3 is 0 Å². The van der Waals surface area contributed by atoms with E-state index < -0.39 is 0 Å². The number of hydrogen-bond donors (Lipinski definition) is 0. The zero-order chi connectivity index (χ0) is 12.7. The molecule has 94 valence electrons. The van der Waals surface area contributed by atoms with Crippen molar-refractivity contribution in [3.05, 3.63) is 34.3 Å². The Bertz CT molecular complexity index is 492. The number of carbonyl (C=O) groups excluding carboxylic acids is 2. The fourth-order valence-electron chi connectivity index (χ4n) is 2.57. The van der Waals surface area contributed by atoms with E-state index in [2.05, 4.69) is 15.9 Å². The summed E-state index contributed by atoms with van der Waals surface area (Å²) >= 11 is 3.42. The number of imide groups is 1. The quantitative estimate of drug-likeness (QED) is 0.788. The van der Waals surface area contributed by atoms with Crippen LogP contribution in [0.15, 0.2) is 28.7 Å². The van der Waals surface area contributed by atoms with Crippen LogP contribution in [-0.2, 0) is 9.59 Å². The van der Waals surface area contributed by atoms with Crippen LogP contribution in [0.2, 0.25) is 0 Å². The third kappa shape index (κ3) is 2.21. The van der Waals surface area contributed by atoms with Crippen molar-refractivity contribution in [1.82, 2.24) is 4.90 Å². The molecule has 1 heterocycles. The summed E-state index contributed by atoms with van der Waals surface area (Å²) in [6.07, 6.45) is 2.88. The van der Waals surface area contributed by atoms with E-state index in [1.807, 2.05) is 24.3 Å². The molecule has 0 radical (unpaired) electrons. The van der Waals surface area contributed by atoms with Gasteiger partial charge in [0.1, 0.15) is 0 Å². The Morgan fingerprint density at radius 2 is 1.78 bits per heavy atom. The number of rotatable bonds is 2. The Morgan fingerprint density at radius 3 is 2.33 bits per heavy atom. The van der Waals surface area contributed by atoms with Gasteiger partial charge in [-0.25, -0.2) is 0 Å². The Balaban J connectivity index is 1.80. The fraction of sp³-hybridized carbons (Fsp3) is 0.429. The van der Waals surface area contributed by atoms with Crippen LogP contribution in [0.25, 0.3) is 0 Å². The second-order valence-corrected chi connectivity index (χ2v) is 5.96. The van der Waals surface area contributed by atoms with E-state index in [0.717, 1.165) is 22.9 Å². The van der Waals surface area contributed by atoms with E-state index in [0.29, 0.717) is 12.8 Å². The van der Waals surface area contributed by atoms with E-state index in [-0.39, 0.29) is 23.8 Å². The first-order chi connectivity index (χ1) is 8.65. The van der Waals surface area contributed by atoms with Crippen molar-refractivity contribution in [3.63, 3.8) is 0 Å². The topological polar surface area (TPSA) is 37.4 Å². The van der Waals surface area contributed by atoms with Gasteiger partial charge in [-0.2, -0.15) is 0 Å². The molecule has 0 spiro atoms. The highest BCUT2D eigenvalue weighted by Gasteiger charge is 2.41. The molecule has 1 saturated carbocycles. The molecule has 2 amide bonds. The van der Waals surface area contributed by atoms with E-state index >= 15 is 0 Å². The lowest BCUT2D eigenvalue weighted by Crippen LogP contribution is -2.43. The number of carbonyl (C=O) groups is 2. The fourth-order valence-corrected chi connectivity index (χ4v) is 2.98. The van der Waals surface area contributed by atoms with Crippen LogP contribution in [0.4, 0.5) is 0 Å². The van der Waals surface area contributed by atoms with E-state index in [1.165, 1.54) is 4.90 Å². The second kappa shape index (κ2) is 4.50. The lowest BCUT2D eigenvalue weighted by Gasteiger charge is -2.30. The molecule has 0 bridgehead atoms. The van der Waals surface area contributed by atoms with E-state index in [9.17, 15) is 9.59 Å². The highest BCUT2D eigenvalue weighted by Crippen LogP contribution is 2.36. The van der Waals surface area contributed by atoms with Gasteiger partial charge in [-0.05, 0) is 30.5 Å². The number of amides is 2. The molecule has 0 N–H and O–H groups in total. The summed E-state index contributed by atoms with van der Waals surface area (Å²) in [4.78, 5) is 25.6. The van der Waals surface area contributed by atoms with Gasteiger partial charge in [0.2, 0.25) is 11.8 Å². The number of likely N-dealkylation sites (tertiary alicyclic amines) is 1. The molecule has 3 nitrogen and oxygen atoms in total. The Hall–Kier alpha value is -1.16. The van der Waals surface area contributed by atoms with Gasteiger partial charge in [0.05, 0.1) is 0 Å². The smallest absolute Gasteiger partial charge is 0.230 e. The molecule has 18 heavy (non-hydrogen) atoms. The monoisotopic (exact) mass is 307 g/mol. The van der Waals surface area contributed by atoms with Crippen molar-refractivity contribution in [3.8, 4) is 0 Å². The molecule has 4 heteroatoms. The molecular weight excluding hydrogens is 294 g/mol. The van der Waals surface area contributed by atoms with Crippen LogP contribution in [-0.4, -0.2) is 22.8 Å². The summed E-state index contributed by atoms with van der Waals surface area (Å²) in [6.45, 7) is 0. The standard InChI is InChI=1S/C14H14BrNO2/c15-11-3-1-2-9(6-11)10-7-13(17)16(12-4-5-12)14(18)8-10/h1-3,6,10,12H,4-5,7-8H2. The maximum atomic E-state index is 12.0. The minimum absolute atomic E-state index is 0.00118. The summed E-state index contributed by atoms with van der Waals surface area (Å²) in [5.74, 6) is 0.0370. The van der Waals surface area contributed by atoms with Crippen LogP contribution < -0.4 is 0 Å². The number of nitrogens with zero attached hydrogens (tertiary/aromatic N) is 1. The SMILES string of the molecule is O=C1CC(c2cccc(Br)c2)CC(=O)N1C1CC1. The first kappa shape index (κ1) is 11.9. The third-order valence-corrected chi connectivity index (χ3v) is 4.10. The maximum absolute atomic E-state index is 12.0. The van der Waals surface area contributed by atoms with E-state index in [4.69, 9.17) is 0 Å². The van der Waals surface area contributed by atoms with Crippen molar-refractivity contribution < 1.29 is 9.59 Å². The Morgan fingerprint density at radius 1 is 1.11 bits per heavy atom. The molecule has 0 aromatic heterocycles. The average Bonchev–Trinajstić information content (AvgIpc) is 3.12. The van der Waals surface area contributed by atoms with Crippen LogP contribution in [0.5, 0.6) is 0 Å². The highest BCUT2D eigenvalue weighted by molar-refractivity contribution is 9.10. The summed E-state index contributed by atoms with van der Waals surface area (Å²) in [6, 6.07) is 8.09. The first-order valence-electron chi connectivity index (χ1n) is 6.25. The molecule has 2 fully saturated rings. The zero-order valence-electron chi connectivity index (χ0n) is 9.93. The Labute approximate surface area is 114 Å². The molecule has 0 unspecified atom stereocenters.